The van der Waals surface area contributed by atoms with Crippen LogP contribution in [0.3, 0.4) is 0 Å². The third kappa shape index (κ3) is 5.95. The molecule has 7 heteroatoms. The van der Waals surface area contributed by atoms with E-state index in [0.29, 0.717) is 11.1 Å². The number of hydrogen-bond donors (Lipinski definition) is 3. The molecule has 1 saturated heterocycles. The lowest BCUT2D eigenvalue weighted by atomic mass is 9.76. The summed E-state index contributed by atoms with van der Waals surface area (Å²) in [5, 5.41) is 12.2. The van der Waals surface area contributed by atoms with Gasteiger partial charge in [-0.3, -0.25) is 14.6 Å². The van der Waals surface area contributed by atoms with E-state index in [9.17, 15) is 9.90 Å². The number of rotatable bonds is 7. The van der Waals surface area contributed by atoms with Crippen LogP contribution in [0.25, 0.3) is 5.57 Å². The molecule has 1 aromatic heterocycles. The molecule has 1 amide bonds. The summed E-state index contributed by atoms with van der Waals surface area (Å²) >= 11 is 0. The molecule has 0 radical (unpaired) electrons. The number of carbonyl (C=O) groups excluding carboxylic acids is 1. The number of aliphatic hydroxyl groups is 1. The van der Waals surface area contributed by atoms with Crippen molar-refractivity contribution in [1.82, 2.24) is 19.8 Å². The van der Waals surface area contributed by atoms with Crippen LogP contribution in [-0.4, -0.2) is 70.1 Å². The maximum atomic E-state index is 12.8. The molecule has 0 spiro atoms. The van der Waals surface area contributed by atoms with Crippen LogP contribution >= 0.6 is 0 Å². The zero-order chi connectivity index (χ0) is 24.1. The topological polar surface area (TPSA) is 84.5 Å². The molecular weight excluding hydrogens is 426 g/mol. The Morgan fingerprint density at radius 1 is 1.26 bits per heavy atom. The van der Waals surface area contributed by atoms with Crippen molar-refractivity contribution in [1.29, 1.82) is 0 Å². The molecular formula is C27H35N5O2. The molecule has 1 fully saturated rings. The molecule has 4 rings (SSSR count). The van der Waals surface area contributed by atoms with E-state index in [-0.39, 0.29) is 18.3 Å². The van der Waals surface area contributed by atoms with E-state index in [1.165, 1.54) is 11.1 Å². The molecule has 1 aromatic carbocycles. The summed E-state index contributed by atoms with van der Waals surface area (Å²) in [7, 11) is 0. The number of aliphatic hydroxyl groups excluding tert-OH is 1. The second-order valence-corrected chi connectivity index (χ2v) is 10.1. The first-order valence-electron chi connectivity index (χ1n) is 12.1. The van der Waals surface area contributed by atoms with Crippen molar-refractivity contribution in [3.63, 3.8) is 0 Å². The summed E-state index contributed by atoms with van der Waals surface area (Å²) in [5.41, 5.74) is 5.13. The Balaban J connectivity index is 1.54. The highest BCUT2D eigenvalue weighted by Crippen LogP contribution is 2.40. The van der Waals surface area contributed by atoms with E-state index in [1.54, 1.807) is 6.20 Å². The monoisotopic (exact) mass is 461 g/mol. The minimum absolute atomic E-state index is 0.211. The van der Waals surface area contributed by atoms with Gasteiger partial charge >= 0.3 is 0 Å². The average molecular weight is 462 g/mol. The number of carbonyl (C=O) groups is 1. The normalized spacial score (nSPS) is 18.8. The summed E-state index contributed by atoms with van der Waals surface area (Å²) in [6.07, 6.45) is 12.4. The zero-order valence-electron chi connectivity index (χ0n) is 20.2. The molecule has 34 heavy (non-hydrogen) atoms. The highest BCUT2D eigenvalue weighted by Gasteiger charge is 2.24. The zero-order valence-corrected chi connectivity index (χ0v) is 20.2. The second kappa shape index (κ2) is 10.6. The Labute approximate surface area is 202 Å². The first kappa shape index (κ1) is 24.2. The molecule has 0 unspecified atom stereocenters. The highest BCUT2D eigenvalue weighted by atomic mass is 16.3. The Morgan fingerprint density at radius 3 is 2.68 bits per heavy atom. The van der Waals surface area contributed by atoms with Crippen molar-refractivity contribution in [2.45, 2.75) is 39.7 Å². The summed E-state index contributed by atoms with van der Waals surface area (Å²) in [6.45, 7) is 10.4. The SMILES string of the molecule is C#Cc1c[nH]c(C(=O)Nc2ccc(CN3CCN(CCO)CC3)cc2C2=CCC(C)(C)CC2)n1. The van der Waals surface area contributed by atoms with Crippen LogP contribution in [0.2, 0.25) is 0 Å². The van der Waals surface area contributed by atoms with Crippen LogP contribution in [0.1, 0.15) is 60.5 Å². The Kier molecular flexibility index (Phi) is 7.52. The molecule has 1 aliphatic carbocycles. The molecule has 7 nitrogen and oxygen atoms in total. The van der Waals surface area contributed by atoms with Crippen molar-refractivity contribution in [2.24, 2.45) is 5.41 Å². The van der Waals surface area contributed by atoms with Gasteiger partial charge in [0.15, 0.2) is 5.82 Å². The lowest BCUT2D eigenvalue weighted by molar-refractivity contribution is 0.101. The van der Waals surface area contributed by atoms with Gasteiger partial charge in [0.1, 0.15) is 5.69 Å². The molecule has 0 bridgehead atoms. The van der Waals surface area contributed by atoms with Gasteiger partial charge in [-0.15, -0.1) is 6.42 Å². The van der Waals surface area contributed by atoms with Gasteiger partial charge in [-0.2, -0.15) is 0 Å². The number of allylic oxidation sites excluding steroid dienone is 2. The minimum Gasteiger partial charge on any atom is -0.395 e. The fourth-order valence-electron chi connectivity index (χ4n) is 4.65. The van der Waals surface area contributed by atoms with E-state index in [1.807, 2.05) is 6.07 Å². The molecule has 1 aliphatic heterocycles. The Morgan fingerprint density at radius 2 is 2.03 bits per heavy atom. The number of β-amino-alcohol motifs (C(OH)–C–C–N with tert-alkyl or cyclic N) is 1. The van der Waals surface area contributed by atoms with Crippen molar-refractivity contribution < 1.29 is 9.90 Å². The number of terminal acetylenes is 1. The number of nitrogens with one attached hydrogen (secondary N) is 2. The van der Waals surface area contributed by atoms with E-state index in [4.69, 9.17) is 6.42 Å². The number of amides is 1. The number of benzene rings is 1. The van der Waals surface area contributed by atoms with Crippen LogP contribution in [0, 0.1) is 17.8 Å². The number of hydrogen-bond acceptors (Lipinski definition) is 5. The van der Waals surface area contributed by atoms with Crippen LogP contribution < -0.4 is 5.32 Å². The number of aromatic nitrogens is 2. The van der Waals surface area contributed by atoms with Crippen molar-refractivity contribution >= 4 is 17.2 Å². The van der Waals surface area contributed by atoms with Crippen LogP contribution in [0.5, 0.6) is 0 Å². The smallest absolute Gasteiger partial charge is 0.291 e. The lowest BCUT2D eigenvalue weighted by Gasteiger charge is -2.34. The molecule has 0 atom stereocenters. The molecule has 2 heterocycles. The quantitative estimate of drug-likeness (QED) is 0.551. The van der Waals surface area contributed by atoms with E-state index in [2.05, 4.69) is 63.1 Å². The summed E-state index contributed by atoms with van der Waals surface area (Å²) in [5.74, 6) is 2.35. The average Bonchev–Trinajstić information content (AvgIpc) is 3.31. The van der Waals surface area contributed by atoms with Crippen molar-refractivity contribution in [2.75, 3.05) is 44.6 Å². The van der Waals surface area contributed by atoms with Crippen molar-refractivity contribution in [3.05, 3.63) is 53.1 Å². The fourth-order valence-corrected chi connectivity index (χ4v) is 4.65. The second-order valence-electron chi connectivity index (χ2n) is 10.1. The van der Waals surface area contributed by atoms with Gasteiger partial charge in [-0.05, 0) is 53.9 Å². The maximum Gasteiger partial charge on any atom is 0.291 e. The van der Waals surface area contributed by atoms with Crippen LogP contribution in [0.4, 0.5) is 5.69 Å². The standard InChI is InChI=1S/C27H35N5O2/c1-4-22-18-28-25(29-22)26(34)30-24-6-5-20(19-32-13-11-31(12-14-32)15-16-33)17-23(24)21-7-9-27(2,3)10-8-21/h1,5-7,17-18,33H,8-16,19H2,2-3H3,(H,28,29)(H,30,34). The first-order valence-corrected chi connectivity index (χ1v) is 12.1. The third-order valence-electron chi connectivity index (χ3n) is 6.88. The minimum atomic E-state index is -0.299. The summed E-state index contributed by atoms with van der Waals surface area (Å²) < 4.78 is 0. The van der Waals surface area contributed by atoms with Gasteiger partial charge in [-0.25, -0.2) is 4.98 Å². The highest BCUT2D eigenvalue weighted by molar-refractivity contribution is 6.03. The molecule has 2 aromatic rings. The summed E-state index contributed by atoms with van der Waals surface area (Å²) in [4.78, 5) is 24.6. The number of H-pyrrole nitrogens is 1. The third-order valence-corrected chi connectivity index (χ3v) is 6.88. The van der Waals surface area contributed by atoms with Crippen LogP contribution in [0.15, 0.2) is 30.5 Å². The number of piperazine rings is 1. The molecule has 2 aliphatic rings. The van der Waals surface area contributed by atoms with E-state index < -0.39 is 0 Å². The predicted octanol–water partition coefficient (Wildman–Crippen LogP) is 3.35. The number of aromatic amines is 1. The maximum absolute atomic E-state index is 12.8. The van der Waals surface area contributed by atoms with E-state index in [0.717, 1.165) is 69.8 Å². The molecule has 0 saturated carbocycles. The largest absolute Gasteiger partial charge is 0.395 e. The van der Waals surface area contributed by atoms with Gasteiger partial charge in [-0.1, -0.05) is 26.0 Å². The Bertz CT molecular complexity index is 1090. The molecule has 3 N–H and O–H groups in total. The van der Waals surface area contributed by atoms with Gasteiger partial charge in [0.2, 0.25) is 0 Å². The lowest BCUT2D eigenvalue weighted by Crippen LogP contribution is -2.46. The predicted molar refractivity (Wildman–Crippen MR) is 135 cm³/mol. The van der Waals surface area contributed by atoms with Crippen molar-refractivity contribution in [3.8, 4) is 12.3 Å². The summed E-state index contributed by atoms with van der Waals surface area (Å²) in [6, 6.07) is 6.34. The number of anilines is 1. The first-order chi connectivity index (χ1) is 16.4. The van der Waals surface area contributed by atoms with Gasteiger partial charge in [0, 0.05) is 56.7 Å². The Hall–Kier alpha value is -2.92. The van der Waals surface area contributed by atoms with Gasteiger partial charge in [0.05, 0.1) is 6.61 Å². The molecule has 180 valence electrons. The number of imidazole rings is 1. The number of nitrogens with zero attached hydrogens (tertiary/aromatic N) is 3. The fraction of sp³-hybridized carbons (Fsp3) is 0.481. The van der Waals surface area contributed by atoms with Crippen LogP contribution in [-0.2, 0) is 6.54 Å². The van der Waals surface area contributed by atoms with Gasteiger partial charge in [0.25, 0.3) is 5.91 Å². The van der Waals surface area contributed by atoms with Gasteiger partial charge < -0.3 is 15.4 Å². The van der Waals surface area contributed by atoms with E-state index >= 15 is 0 Å².